The van der Waals surface area contributed by atoms with Crippen molar-refractivity contribution in [2.45, 2.75) is 12.2 Å². The summed E-state index contributed by atoms with van der Waals surface area (Å²) in [6.45, 7) is 0. The molecule has 1 aromatic heterocycles. The summed E-state index contributed by atoms with van der Waals surface area (Å²) >= 11 is 9.65. The Morgan fingerprint density at radius 3 is 2.77 bits per heavy atom. The smallest absolute Gasteiger partial charge is 0.109 e. The van der Waals surface area contributed by atoms with Crippen molar-refractivity contribution in [2.75, 3.05) is 5.75 Å². The fourth-order valence-electron chi connectivity index (χ4n) is 0.914. The van der Waals surface area contributed by atoms with Crippen LogP contribution in [0, 0.1) is 0 Å². The van der Waals surface area contributed by atoms with Crippen LogP contribution in [0.4, 0.5) is 0 Å². The fourth-order valence-corrected chi connectivity index (χ4v) is 1.33. The standard InChI is InChI=1S/C8H10ClNO2S/c9-6-1-2-10-3-5(6)8(12)7(11)4-13/h1-3,7-8,11-13H,4H2. The van der Waals surface area contributed by atoms with Crippen LogP contribution < -0.4 is 0 Å². The molecule has 1 heterocycles. The normalized spacial score (nSPS) is 15.4. The van der Waals surface area contributed by atoms with Gasteiger partial charge >= 0.3 is 0 Å². The van der Waals surface area contributed by atoms with Crippen molar-refractivity contribution in [1.29, 1.82) is 0 Å². The highest BCUT2D eigenvalue weighted by Gasteiger charge is 2.19. The molecule has 0 saturated heterocycles. The van der Waals surface area contributed by atoms with E-state index in [-0.39, 0.29) is 5.75 Å². The Bertz CT molecular complexity index is 285. The third-order valence-corrected chi connectivity index (χ3v) is 2.38. The summed E-state index contributed by atoms with van der Waals surface area (Å²) in [6.07, 6.45) is 0.995. The van der Waals surface area contributed by atoms with Gasteiger partial charge in [0, 0.05) is 28.7 Å². The van der Waals surface area contributed by atoms with E-state index in [2.05, 4.69) is 17.6 Å². The van der Waals surface area contributed by atoms with Gasteiger partial charge in [-0.05, 0) is 6.07 Å². The lowest BCUT2D eigenvalue weighted by Crippen LogP contribution is -2.20. The quantitative estimate of drug-likeness (QED) is 0.667. The molecule has 5 heteroatoms. The Kier molecular flexibility index (Phi) is 3.99. The fraction of sp³-hybridized carbons (Fsp3) is 0.375. The minimum absolute atomic E-state index is 0.173. The molecular formula is C8H10ClNO2S. The molecule has 0 fully saturated rings. The zero-order valence-corrected chi connectivity index (χ0v) is 8.41. The number of rotatable bonds is 3. The Balaban J connectivity index is 2.88. The minimum atomic E-state index is -1.03. The lowest BCUT2D eigenvalue weighted by Gasteiger charge is -2.16. The van der Waals surface area contributed by atoms with Crippen LogP contribution in [0.3, 0.4) is 0 Å². The summed E-state index contributed by atoms with van der Waals surface area (Å²) in [6, 6.07) is 1.56. The van der Waals surface area contributed by atoms with Gasteiger partial charge in [-0.1, -0.05) is 11.6 Å². The molecule has 1 aromatic rings. The Morgan fingerprint density at radius 1 is 1.54 bits per heavy atom. The topological polar surface area (TPSA) is 53.4 Å². The second kappa shape index (κ2) is 4.81. The van der Waals surface area contributed by atoms with E-state index >= 15 is 0 Å². The average Bonchev–Trinajstić information content (AvgIpc) is 2.16. The predicted octanol–water partition coefficient (Wildman–Crippen LogP) is 1.06. The third-order valence-electron chi connectivity index (χ3n) is 1.67. The van der Waals surface area contributed by atoms with Gasteiger partial charge in [0.2, 0.25) is 0 Å². The lowest BCUT2D eigenvalue weighted by atomic mass is 10.1. The van der Waals surface area contributed by atoms with Crippen molar-refractivity contribution in [1.82, 2.24) is 4.98 Å². The van der Waals surface area contributed by atoms with Crippen LogP contribution in [0.15, 0.2) is 18.5 Å². The molecule has 2 unspecified atom stereocenters. The molecular weight excluding hydrogens is 210 g/mol. The van der Waals surface area contributed by atoms with E-state index < -0.39 is 12.2 Å². The van der Waals surface area contributed by atoms with Gasteiger partial charge in [-0.3, -0.25) is 4.98 Å². The summed E-state index contributed by atoms with van der Waals surface area (Å²) in [5.74, 6) is 0.173. The molecule has 2 atom stereocenters. The number of halogens is 1. The molecule has 0 aliphatic rings. The van der Waals surface area contributed by atoms with Crippen LogP contribution in [0.2, 0.25) is 5.02 Å². The van der Waals surface area contributed by atoms with Gasteiger partial charge < -0.3 is 10.2 Å². The van der Waals surface area contributed by atoms with Crippen LogP contribution >= 0.6 is 24.2 Å². The summed E-state index contributed by atoms with van der Waals surface area (Å²) < 4.78 is 0. The van der Waals surface area contributed by atoms with Crippen molar-refractivity contribution >= 4 is 24.2 Å². The zero-order chi connectivity index (χ0) is 9.84. The SMILES string of the molecule is OC(CS)C(O)c1cnccc1Cl. The van der Waals surface area contributed by atoms with E-state index in [1.165, 1.54) is 12.4 Å². The molecule has 0 amide bonds. The summed E-state index contributed by atoms with van der Waals surface area (Å²) in [4.78, 5) is 3.80. The van der Waals surface area contributed by atoms with E-state index in [1.54, 1.807) is 6.07 Å². The highest BCUT2D eigenvalue weighted by atomic mass is 35.5. The Labute approximate surface area is 86.8 Å². The molecule has 13 heavy (non-hydrogen) atoms. The number of hydrogen-bond acceptors (Lipinski definition) is 4. The van der Waals surface area contributed by atoms with Crippen LogP contribution in [0.1, 0.15) is 11.7 Å². The molecule has 0 bridgehead atoms. The van der Waals surface area contributed by atoms with Crippen molar-refractivity contribution < 1.29 is 10.2 Å². The molecule has 0 aromatic carbocycles. The van der Waals surface area contributed by atoms with Crippen LogP contribution in [-0.4, -0.2) is 27.1 Å². The van der Waals surface area contributed by atoms with Crippen molar-refractivity contribution in [3.8, 4) is 0 Å². The van der Waals surface area contributed by atoms with Crippen molar-refractivity contribution in [3.63, 3.8) is 0 Å². The van der Waals surface area contributed by atoms with Crippen molar-refractivity contribution in [3.05, 3.63) is 29.0 Å². The Hall–Kier alpha value is -0.290. The second-order valence-electron chi connectivity index (χ2n) is 2.59. The van der Waals surface area contributed by atoms with Crippen LogP contribution in [0.25, 0.3) is 0 Å². The highest BCUT2D eigenvalue weighted by Crippen LogP contribution is 2.24. The van der Waals surface area contributed by atoms with E-state index in [9.17, 15) is 10.2 Å². The third kappa shape index (κ3) is 2.57. The average molecular weight is 220 g/mol. The first-order valence-electron chi connectivity index (χ1n) is 3.73. The molecule has 0 saturated carbocycles. The monoisotopic (exact) mass is 219 g/mol. The number of hydrogen-bond donors (Lipinski definition) is 3. The molecule has 0 aliphatic carbocycles. The Morgan fingerprint density at radius 2 is 2.23 bits per heavy atom. The first-order chi connectivity index (χ1) is 6.16. The first kappa shape index (κ1) is 10.8. The number of nitrogens with zero attached hydrogens (tertiary/aromatic N) is 1. The molecule has 1 rings (SSSR count). The molecule has 3 nitrogen and oxygen atoms in total. The number of aliphatic hydroxyl groups is 2. The van der Waals surface area contributed by atoms with E-state index in [0.717, 1.165) is 0 Å². The minimum Gasteiger partial charge on any atom is -0.389 e. The molecule has 72 valence electrons. The van der Waals surface area contributed by atoms with Gasteiger partial charge in [0.1, 0.15) is 6.10 Å². The zero-order valence-electron chi connectivity index (χ0n) is 6.76. The largest absolute Gasteiger partial charge is 0.389 e. The van der Waals surface area contributed by atoms with Gasteiger partial charge in [0.25, 0.3) is 0 Å². The van der Waals surface area contributed by atoms with Gasteiger partial charge in [-0.15, -0.1) is 0 Å². The molecule has 2 N–H and O–H groups in total. The number of pyridine rings is 1. The van der Waals surface area contributed by atoms with E-state index in [4.69, 9.17) is 11.6 Å². The van der Waals surface area contributed by atoms with Crippen molar-refractivity contribution in [2.24, 2.45) is 0 Å². The van der Waals surface area contributed by atoms with E-state index in [0.29, 0.717) is 10.6 Å². The number of aromatic nitrogens is 1. The maximum Gasteiger partial charge on any atom is 0.109 e. The van der Waals surface area contributed by atoms with Gasteiger partial charge in [0.05, 0.1) is 6.10 Å². The second-order valence-corrected chi connectivity index (χ2v) is 3.36. The molecule has 0 radical (unpaired) electrons. The lowest BCUT2D eigenvalue weighted by molar-refractivity contribution is 0.0336. The van der Waals surface area contributed by atoms with Gasteiger partial charge in [-0.25, -0.2) is 0 Å². The summed E-state index contributed by atoms with van der Waals surface area (Å²) in [5.41, 5.74) is 0.422. The number of aliphatic hydroxyl groups excluding tert-OH is 2. The first-order valence-corrected chi connectivity index (χ1v) is 4.74. The van der Waals surface area contributed by atoms with Crippen LogP contribution in [-0.2, 0) is 0 Å². The van der Waals surface area contributed by atoms with Gasteiger partial charge in [0.15, 0.2) is 0 Å². The summed E-state index contributed by atoms with van der Waals surface area (Å²) in [5, 5.41) is 19.2. The predicted molar refractivity (Wildman–Crippen MR) is 54.1 cm³/mol. The van der Waals surface area contributed by atoms with Gasteiger partial charge in [-0.2, -0.15) is 12.6 Å². The maximum absolute atomic E-state index is 9.55. The molecule has 0 aliphatic heterocycles. The van der Waals surface area contributed by atoms with E-state index in [1.807, 2.05) is 0 Å². The maximum atomic E-state index is 9.55. The molecule has 0 spiro atoms. The number of thiol groups is 1. The van der Waals surface area contributed by atoms with Crippen LogP contribution in [0.5, 0.6) is 0 Å². The highest BCUT2D eigenvalue weighted by molar-refractivity contribution is 7.80. The summed E-state index contributed by atoms with van der Waals surface area (Å²) in [7, 11) is 0.